The number of aromatic hydroxyl groups is 1. The van der Waals surface area contributed by atoms with E-state index in [2.05, 4.69) is 36.2 Å². The molecule has 0 bridgehead atoms. The van der Waals surface area contributed by atoms with Crippen molar-refractivity contribution in [3.05, 3.63) is 47.5 Å². The first-order valence-electron chi connectivity index (χ1n) is 8.39. The lowest BCUT2D eigenvalue weighted by Crippen LogP contribution is -1.99. The summed E-state index contributed by atoms with van der Waals surface area (Å²) in [5.74, 6) is 0.225. The highest BCUT2D eigenvalue weighted by atomic mass is 16.3. The predicted octanol–water partition coefficient (Wildman–Crippen LogP) is 4.42. The topological polar surface area (TPSA) is 50.9 Å². The molecule has 3 rings (SSSR count). The van der Waals surface area contributed by atoms with Crippen LogP contribution in [0.15, 0.2) is 36.4 Å². The second-order valence-electron chi connectivity index (χ2n) is 5.99. The van der Waals surface area contributed by atoms with Gasteiger partial charge in [0.2, 0.25) is 0 Å². The average molecular weight is 309 g/mol. The zero-order valence-electron chi connectivity index (χ0n) is 13.8. The summed E-state index contributed by atoms with van der Waals surface area (Å²) in [4.78, 5) is 1.53. The molecule has 0 aliphatic carbocycles. The number of phenols is 1. The molecular formula is C19H23N3O. The second-order valence-corrected chi connectivity index (χ2v) is 5.99. The summed E-state index contributed by atoms with van der Waals surface area (Å²) in [6.07, 6.45) is 5.45. The Kier molecular flexibility index (Phi) is 4.60. The molecule has 120 valence electrons. The summed E-state index contributed by atoms with van der Waals surface area (Å²) in [7, 11) is 0. The lowest BCUT2D eigenvalue weighted by molar-refractivity contribution is 0.467. The SMILES string of the molecule is CCCCc1ccc2nn(-c3ccc(CCC)cc3O)nc2c1. The van der Waals surface area contributed by atoms with Gasteiger partial charge >= 0.3 is 0 Å². The fourth-order valence-electron chi connectivity index (χ4n) is 2.79. The molecule has 4 heteroatoms. The number of phenolic OH excluding ortho intramolecular Hbond substituents is 1. The Labute approximate surface area is 136 Å². The van der Waals surface area contributed by atoms with Crippen molar-refractivity contribution in [2.75, 3.05) is 0 Å². The summed E-state index contributed by atoms with van der Waals surface area (Å²) in [5.41, 5.74) is 4.76. The van der Waals surface area contributed by atoms with Gasteiger partial charge in [-0.25, -0.2) is 0 Å². The highest BCUT2D eigenvalue weighted by Gasteiger charge is 2.10. The van der Waals surface area contributed by atoms with Gasteiger partial charge in [0, 0.05) is 0 Å². The maximum absolute atomic E-state index is 10.3. The molecule has 1 N–H and O–H groups in total. The van der Waals surface area contributed by atoms with Gasteiger partial charge in [-0.05, 0) is 54.7 Å². The average Bonchev–Trinajstić information content (AvgIpc) is 2.96. The van der Waals surface area contributed by atoms with Crippen LogP contribution in [0.4, 0.5) is 0 Å². The van der Waals surface area contributed by atoms with E-state index < -0.39 is 0 Å². The molecule has 4 nitrogen and oxygen atoms in total. The molecule has 0 unspecified atom stereocenters. The van der Waals surface area contributed by atoms with Crippen LogP contribution < -0.4 is 0 Å². The fourth-order valence-corrected chi connectivity index (χ4v) is 2.79. The van der Waals surface area contributed by atoms with Gasteiger partial charge in [0.25, 0.3) is 0 Å². The number of unbranched alkanes of at least 4 members (excludes halogenated alkanes) is 1. The molecule has 0 saturated carbocycles. The first kappa shape index (κ1) is 15.5. The van der Waals surface area contributed by atoms with Crippen molar-refractivity contribution in [1.29, 1.82) is 0 Å². The minimum Gasteiger partial charge on any atom is -0.506 e. The van der Waals surface area contributed by atoms with Gasteiger partial charge in [-0.15, -0.1) is 15.0 Å². The third-order valence-corrected chi connectivity index (χ3v) is 4.06. The number of rotatable bonds is 6. The first-order valence-corrected chi connectivity index (χ1v) is 8.39. The number of fused-ring (bicyclic) bond motifs is 1. The Morgan fingerprint density at radius 2 is 1.61 bits per heavy atom. The van der Waals surface area contributed by atoms with Gasteiger partial charge < -0.3 is 5.11 Å². The van der Waals surface area contributed by atoms with Crippen molar-refractivity contribution in [1.82, 2.24) is 15.0 Å². The van der Waals surface area contributed by atoms with E-state index in [9.17, 15) is 5.11 Å². The Balaban J connectivity index is 1.93. The van der Waals surface area contributed by atoms with Crippen LogP contribution in [0.3, 0.4) is 0 Å². The van der Waals surface area contributed by atoms with Crippen LogP contribution in [0.2, 0.25) is 0 Å². The normalized spacial score (nSPS) is 11.2. The number of nitrogens with zero attached hydrogens (tertiary/aromatic N) is 3. The molecule has 1 aromatic heterocycles. The summed E-state index contributed by atoms with van der Waals surface area (Å²) >= 11 is 0. The van der Waals surface area contributed by atoms with E-state index in [1.807, 2.05) is 18.2 Å². The predicted molar refractivity (Wildman–Crippen MR) is 93.1 cm³/mol. The molecule has 1 heterocycles. The lowest BCUT2D eigenvalue weighted by Gasteiger charge is -2.05. The van der Waals surface area contributed by atoms with Crippen LogP contribution in [-0.4, -0.2) is 20.1 Å². The van der Waals surface area contributed by atoms with E-state index in [0.717, 1.165) is 35.9 Å². The molecule has 0 spiro atoms. The van der Waals surface area contributed by atoms with Crippen molar-refractivity contribution in [3.8, 4) is 11.4 Å². The molecule has 2 aromatic carbocycles. The van der Waals surface area contributed by atoms with E-state index in [1.165, 1.54) is 23.2 Å². The van der Waals surface area contributed by atoms with Crippen LogP contribution in [0.25, 0.3) is 16.7 Å². The van der Waals surface area contributed by atoms with Gasteiger partial charge in [-0.1, -0.05) is 38.8 Å². The molecule has 0 aliphatic heterocycles. The molecule has 0 amide bonds. The molecule has 0 aliphatic rings. The smallest absolute Gasteiger partial charge is 0.143 e. The van der Waals surface area contributed by atoms with Crippen molar-refractivity contribution in [2.24, 2.45) is 0 Å². The third kappa shape index (κ3) is 3.36. The highest BCUT2D eigenvalue weighted by molar-refractivity contribution is 5.74. The Morgan fingerprint density at radius 3 is 2.35 bits per heavy atom. The zero-order valence-corrected chi connectivity index (χ0v) is 13.8. The highest BCUT2D eigenvalue weighted by Crippen LogP contribution is 2.24. The zero-order chi connectivity index (χ0) is 16.2. The maximum atomic E-state index is 10.3. The molecule has 0 saturated heterocycles. The van der Waals surface area contributed by atoms with E-state index in [-0.39, 0.29) is 5.75 Å². The standard InChI is InChI=1S/C19H23N3O/c1-3-5-7-15-8-10-16-17(12-15)21-22(20-16)18-11-9-14(6-4-2)13-19(18)23/h8-13,23H,3-7H2,1-2H3. The molecule has 3 aromatic rings. The van der Waals surface area contributed by atoms with Gasteiger partial charge in [0.15, 0.2) is 0 Å². The van der Waals surface area contributed by atoms with Crippen LogP contribution in [0.1, 0.15) is 44.2 Å². The second kappa shape index (κ2) is 6.82. The minimum atomic E-state index is 0.225. The van der Waals surface area contributed by atoms with E-state index >= 15 is 0 Å². The van der Waals surface area contributed by atoms with E-state index in [0.29, 0.717) is 5.69 Å². The van der Waals surface area contributed by atoms with Crippen molar-refractivity contribution >= 4 is 11.0 Å². The molecule has 0 atom stereocenters. The summed E-state index contributed by atoms with van der Waals surface area (Å²) in [5, 5.41) is 19.3. The van der Waals surface area contributed by atoms with Crippen LogP contribution in [0, 0.1) is 0 Å². The quantitative estimate of drug-likeness (QED) is 0.733. The van der Waals surface area contributed by atoms with E-state index in [1.54, 1.807) is 6.07 Å². The van der Waals surface area contributed by atoms with Gasteiger partial charge in [0.1, 0.15) is 22.5 Å². The number of benzene rings is 2. The van der Waals surface area contributed by atoms with Crippen LogP contribution in [0.5, 0.6) is 5.75 Å². The lowest BCUT2D eigenvalue weighted by atomic mass is 10.1. The number of hydrogen-bond donors (Lipinski definition) is 1. The number of aryl methyl sites for hydroxylation is 2. The van der Waals surface area contributed by atoms with Crippen molar-refractivity contribution < 1.29 is 5.11 Å². The van der Waals surface area contributed by atoms with Gasteiger partial charge in [-0.3, -0.25) is 0 Å². The summed E-state index contributed by atoms with van der Waals surface area (Å²) in [6, 6.07) is 11.9. The van der Waals surface area contributed by atoms with E-state index in [4.69, 9.17) is 0 Å². The minimum absolute atomic E-state index is 0.225. The van der Waals surface area contributed by atoms with Gasteiger partial charge in [0.05, 0.1) is 0 Å². The Hall–Kier alpha value is -2.36. The fraction of sp³-hybridized carbons (Fsp3) is 0.368. The largest absolute Gasteiger partial charge is 0.506 e. The summed E-state index contributed by atoms with van der Waals surface area (Å²) < 4.78 is 0. The Morgan fingerprint density at radius 1 is 0.870 bits per heavy atom. The molecule has 23 heavy (non-hydrogen) atoms. The maximum Gasteiger partial charge on any atom is 0.143 e. The number of aromatic nitrogens is 3. The first-order chi connectivity index (χ1) is 11.2. The van der Waals surface area contributed by atoms with Crippen LogP contribution in [-0.2, 0) is 12.8 Å². The monoisotopic (exact) mass is 309 g/mol. The summed E-state index contributed by atoms with van der Waals surface area (Å²) in [6.45, 7) is 4.32. The molecular weight excluding hydrogens is 286 g/mol. The number of hydrogen-bond acceptors (Lipinski definition) is 3. The molecule has 0 radical (unpaired) electrons. The molecule has 0 fully saturated rings. The van der Waals surface area contributed by atoms with Crippen molar-refractivity contribution in [2.45, 2.75) is 46.0 Å². The van der Waals surface area contributed by atoms with Crippen LogP contribution >= 0.6 is 0 Å². The van der Waals surface area contributed by atoms with Crippen molar-refractivity contribution in [3.63, 3.8) is 0 Å². The van der Waals surface area contributed by atoms with Gasteiger partial charge in [-0.2, -0.15) is 0 Å². The third-order valence-electron chi connectivity index (χ3n) is 4.06. The Bertz CT molecular complexity index is 807.